The van der Waals surface area contributed by atoms with Gasteiger partial charge in [-0.15, -0.1) is 0 Å². The average Bonchev–Trinajstić information content (AvgIpc) is 3.16. The number of hydrogen-bond acceptors (Lipinski definition) is 7. The Morgan fingerprint density at radius 3 is 2.81 bits per heavy atom. The minimum atomic E-state index is -0.473. The number of furan rings is 1. The summed E-state index contributed by atoms with van der Waals surface area (Å²) in [7, 11) is 1.49. The molecule has 0 radical (unpaired) electrons. The van der Waals surface area contributed by atoms with Crippen LogP contribution in [0.5, 0.6) is 11.5 Å². The highest BCUT2D eigenvalue weighted by molar-refractivity contribution is 14.1. The summed E-state index contributed by atoms with van der Waals surface area (Å²) in [6.07, 6.45) is 1.47. The van der Waals surface area contributed by atoms with Crippen LogP contribution in [0.4, 0.5) is 0 Å². The van der Waals surface area contributed by atoms with Gasteiger partial charge in [-0.1, -0.05) is 15.9 Å². The van der Waals surface area contributed by atoms with Crippen molar-refractivity contribution in [2.24, 2.45) is 5.10 Å². The molecular formula is C21H18BrIN2O6. The number of ether oxygens (including phenoxy) is 3. The van der Waals surface area contributed by atoms with Crippen molar-refractivity contribution in [3.8, 4) is 11.5 Å². The number of fused-ring (bicyclic) bond motifs is 1. The summed E-state index contributed by atoms with van der Waals surface area (Å²) < 4.78 is 22.9. The molecule has 2 aromatic carbocycles. The van der Waals surface area contributed by atoms with E-state index in [9.17, 15) is 9.59 Å². The molecule has 0 saturated carbocycles. The Morgan fingerprint density at radius 2 is 2.06 bits per heavy atom. The van der Waals surface area contributed by atoms with Crippen molar-refractivity contribution >= 4 is 67.6 Å². The molecule has 0 spiro atoms. The largest absolute Gasteiger partial charge is 0.493 e. The summed E-state index contributed by atoms with van der Waals surface area (Å²) in [6, 6.07) is 10.6. The van der Waals surface area contributed by atoms with Gasteiger partial charge in [-0.05, 0) is 71.5 Å². The van der Waals surface area contributed by atoms with E-state index >= 15 is 0 Å². The van der Waals surface area contributed by atoms with Crippen LogP contribution in [0.15, 0.2) is 50.4 Å². The van der Waals surface area contributed by atoms with E-state index < -0.39 is 11.9 Å². The number of esters is 1. The Labute approximate surface area is 200 Å². The minimum absolute atomic E-state index is 0.153. The van der Waals surface area contributed by atoms with Crippen LogP contribution in [0.1, 0.15) is 23.0 Å². The summed E-state index contributed by atoms with van der Waals surface area (Å²) in [5, 5.41) is 4.79. The van der Waals surface area contributed by atoms with E-state index in [-0.39, 0.29) is 19.0 Å². The minimum Gasteiger partial charge on any atom is -0.493 e. The number of rotatable bonds is 8. The van der Waals surface area contributed by atoms with Crippen molar-refractivity contribution < 1.29 is 28.2 Å². The topological polar surface area (TPSA) is 99.4 Å². The molecule has 0 fully saturated rings. The second-order valence-electron chi connectivity index (χ2n) is 6.12. The number of amides is 1. The van der Waals surface area contributed by atoms with Gasteiger partial charge < -0.3 is 18.6 Å². The van der Waals surface area contributed by atoms with Gasteiger partial charge in [0.15, 0.2) is 23.9 Å². The fourth-order valence-corrected chi connectivity index (χ4v) is 3.79. The molecule has 3 rings (SSSR count). The fourth-order valence-electron chi connectivity index (χ4n) is 2.63. The lowest BCUT2D eigenvalue weighted by Gasteiger charge is -2.13. The van der Waals surface area contributed by atoms with Crippen molar-refractivity contribution in [2.75, 3.05) is 20.3 Å². The molecule has 1 heterocycles. The van der Waals surface area contributed by atoms with E-state index in [4.69, 9.17) is 18.6 Å². The predicted molar refractivity (Wildman–Crippen MR) is 127 cm³/mol. The normalized spacial score (nSPS) is 11.0. The first-order valence-corrected chi connectivity index (χ1v) is 11.0. The number of hydrogen-bond donors (Lipinski definition) is 1. The molecule has 0 aliphatic rings. The van der Waals surface area contributed by atoms with Gasteiger partial charge in [0, 0.05) is 9.86 Å². The third-order valence-electron chi connectivity index (χ3n) is 3.97. The lowest BCUT2D eigenvalue weighted by atomic mass is 10.2. The lowest BCUT2D eigenvalue weighted by Crippen LogP contribution is -2.17. The maximum Gasteiger partial charge on any atom is 0.344 e. The van der Waals surface area contributed by atoms with Crippen LogP contribution in [0.3, 0.4) is 0 Å². The van der Waals surface area contributed by atoms with Gasteiger partial charge in [-0.25, -0.2) is 10.2 Å². The molecule has 0 bridgehead atoms. The summed E-state index contributed by atoms with van der Waals surface area (Å²) in [5.41, 5.74) is 3.71. The molecule has 0 saturated heterocycles. The fraction of sp³-hybridized carbons (Fsp3) is 0.190. The summed E-state index contributed by atoms with van der Waals surface area (Å²) >= 11 is 5.45. The van der Waals surface area contributed by atoms with Crippen molar-refractivity contribution in [1.82, 2.24) is 5.43 Å². The quantitative estimate of drug-likeness (QED) is 0.177. The lowest BCUT2D eigenvalue weighted by molar-refractivity contribution is -0.145. The molecule has 0 unspecified atom stereocenters. The number of methoxy groups -OCH3 is 1. The summed E-state index contributed by atoms with van der Waals surface area (Å²) in [5.74, 6) is 0.0593. The number of benzene rings is 2. The highest BCUT2D eigenvalue weighted by Gasteiger charge is 2.14. The van der Waals surface area contributed by atoms with Crippen molar-refractivity contribution in [2.45, 2.75) is 6.92 Å². The third-order valence-corrected chi connectivity index (χ3v) is 5.27. The van der Waals surface area contributed by atoms with E-state index in [1.807, 2.05) is 12.1 Å². The van der Waals surface area contributed by atoms with Crippen LogP contribution < -0.4 is 14.9 Å². The van der Waals surface area contributed by atoms with Gasteiger partial charge in [-0.2, -0.15) is 5.10 Å². The molecule has 3 aromatic rings. The van der Waals surface area contributed by atoms with Crippen LogP contribution in [0.25, 0.3) is 11.0 Å². The first kappa shape index (κ1) is 23.1. The third kappa shape index (κ3) is 5.97. The van der Waals surface area contributed by atoms with E-state index in [1.54, 1.807) is 31.2 Å². The van der Waals surface area contributed by atoms with Crippen molar-refractivity contribution in [3.05, 3.63) is 55.8 Å². The van der Waals surface area contributed by atoms with Gasteiger partial charge in [0.05, 0.1) is 23.5 Å². The standard InChI is InChI=1S/C21H18BrIN2O6/c1-3-29-19(26)11-30-20-15(23)6-12(7-17(20)28-2)10-24-25-21(27)18-9-13-8-14(22)4-5-16(13)31-18/h4-10H,3,11H2,1-2H3,(H,25,27). The molecule has 162 valence electrons. The zero-order chi connectivity index (χ0) is 22.4. The summed E-state index contributed by atoms with van der Waals surface area (Å²) in [4.78, 5) is 23.8. The van der Waals surface area contributed by atoms with Crippen molar-refractivity contribution in [3.63, 3.8) is 0 Å². The number of hydrazone groups is 1. The molecular weight excluding hydrogens is 583 g/mol. The Bertz CT molecular complexity index is 1140. The highest BCUT2D eigenvalue weighted by Crippen LogP contribution is 2.33. The number of carbonyl (C=O) groups excluding carboxylic acids is 2. The average molecular weight is 601 g/mol. The van der Waals surface area contributed by atoms with Crippen LogP contribution in [-0.2, 0) is 9.53 Å². The van der Waals surface area contributed by atoms with Gasteiger partial charge in [0.2, 0.25) is 0 Å². The Hall–Kier alpha value is -2.60. The predicted octanol–water partition coefficient (Wildman–Crippen LogP) is 4.51. The molecule has 0 aliphatic carbocycles. The Kier molecular flexibility index (Phi) is 7.91. The second-order valence-corrected chi connectivity index (χ2v) is 8.20. The van der Waals surface area contributed by atoms with Crippen LogP contribution in [0, 0.1) is 3.57 Å². The maximum absolute atomic E-state index is 12.3. The molecule has 0 aliphatic heterocycles. The molecule has 10 heteroatoms. The first-order valence-electron chi connectivity index (χ1n) is 9.09. The zero-order valence-corrected chi connectivity index (χ0v) is 20.4. The van der Waals surface area contributed by atoms with E-state index in [0.29, 0.717) is 26.2 Å². The zero-order valence-electron chi connectivity index (χ0n) is 16.6. The molecule has 8 nitrogen and oxygen atoms in total. The van der Waals surface area contributed by atoms with E-state index in [0.717, 1.165) is 9.86 Å². The SMILES string of the molecule is CCOC(=O)COc1c(I)cc(C=NNC(=O)c2cc3cc(Br)ccc3o2)cc1OC. The number of nitrogens with zero attached hydrogens (tertiary/aromatic N) is 1. The van der Waals surface area contributed by atoms with Gasteiger partial charge in [0.1, 0.15) is 5.58 Å². The molecule has 1 aromatic heterocycles. The monoisotopic (exact) mass is 600 g/mol. The summed E-state index contributed by atoms with van der Waals surface area (Å²) in [6.45, 7) is 1.78. The van der Waals surface area contributed by atoms with Gasteiger partial charge >= 0.3 is 11.9 Å². The molecule has 1 amide bonds. The Balaban J connectivity index is 1.68. The molecule has 1 N–H and O–H groups in total. The van der Waals surface area contributed by atoms with Gasteiger partial charge in [-0.3, -0.25) is 4.79 Å². The molecule has 31 heavy (non-hydrogen) atoms. The highest BCUT2D eigenvalue weighted by atomic mass is 127. The maximum atomic E-state index is 12.3. The van der Waals surface area contributed by atoms with Crippen LogP contribution in [0.2, 0.25) is 0 Å². The number of nitrogens with one attached hydrogen (secondary N) is 1. The van der Waals surface area contributed by atoms with E-state index in [1.165, 1.54) is 13.3 Å². The van der Waals surface area contributed by atoms with Gasteiger partial charge in [0.25, 0.3) is 0 Å². The van der Waals surface area contributed by atoms with E-state index in [2.05, 4.69) is 49.0 Å². The number of carbonyl (C=O) groups is 2. The number of halogens is 2. The molecule has 0 atom stereocenters. The Morgan fingerprint density at radius 1 is 1.26 bits per heavy atom. The van der Waals surface area contributed by atoms with Crippen LogP contribution >= 0.6 is 38.5 Å². The first-order chi connectivity index (χ1) is 14.9. The smallest absolute Gasteiger partial charge is 0.344 e. The van der Waals surface area contributed by atoms with Crippen molar-refractivity contribution in [1.29, 1.82) is 0 Å². The van der Waals surface area contributed by atoms with Crippen LogP contribution in [-0.4, -0.2) is 38.4 Å². The second kappa shape index (κ2) is 10.6.